The first kappa shape index (κ1) is 21.8. The molecule has 0 saturated heterocycles. The molecule has 0 amide bonds. The van der Waals surface area contributed by atoms with Crippen molar-refractivity contribution in [3.8, 4) is 11.8 Å². The standard InChI is InChI=1S/C20H26F3N3O2/c1-6-7-12-27-15-10-8-14(9-11-15)26(5)17-16(20(21,22)23)13-24-18(25-17)28-19(2,3)4/h8-11,13H,6-7,12H2,1-5H3. The van der Waals surface area contributed by atoms with E-state index in [0.717, 1.165) is 19.0 Å². The van der Waals surface area contributed by atoms with Crippen molar-refractivity contribution in [1.82, 2.24) is 9.97 Å². The highest BCUT2D eigenvalue weighted by Crippen LogP contribution is 2.38. The average molecular weight is 397 g/mol. The largest absolute Gasteiger partial charge is 0.494 e. The summed E-state index contributed by atoms with van der Waals surface area (Å²) in [4.78, 5) is 9.11. The molecule has 28 heavy (non-hydrogen) atoms. The molecule has 0 aliphatic carbocycles. The molecule has 0 aliphatic heterocycles. The predicted octanol–water partition coefficient (Wildman–Crippen LogP) is 5.62. The van der Waals surface area contributed by atoms with E-state index in [1.807, 2.05) is 0 Å². The number of aromatic nitrogens is 2. The van der Waals surface area contributed by atoms with Crippen LogP contribution in [0.5, 0.6) is 11.8 Å². The Morgan fingerprint density at radius 3 is 2.25 bits per heavy atom. The van der Waals surface area contributed by atoms with E-state index in [1.54, 1.807) is 45.0 Å². The van der Waals surface area contributed by atoms with Crippen LogP contribution in [0.4, 0.5) is 24.7 Å². The van der Waals surface area contributed by atoms with E-state index in [0.29, 0.717) is 18.0 Å². The van der Waals surface area contributed by atoms with Crippen LogP contribution >= 0.6 is 0 Å². The lowest BCUT2D eigenvalue weighted by Gasteiger charge is -2.24. The number of anilines is 2. The van der Waals surface area contributed by atoms with E-state index in [2.05, 4.69) is 16.9 Å². The maximum atomic E-state index is 13.5. The zero-order chi connectivity index (χ0) is 20.9. The Kier molecular flexibility index (Phi) is 6.74. The number of benzene rings is 1. The van der Waals surface area contributed by atoms with Crippen molar-refractivity contribution in [2.45, 2.75) is 52.3 Å². The first-order valence-electron chi connectivity index (χ1n) is 9.11. The summed E-state index contributed by atoms with van der Waals surface area (Å²) < 4.78 is 51.5. The number of rotatable bonds is 7. The van der Waals surface area contributed by atoms with Gasteiger partial charge in [0, 0.05) is 18.9 Å². The second-order valence-corrected chi connectivity index (χ2v) is 7.36. The van der Waals surface area contributed by atoms with Gasteiger partial charge in [-0.25, -0.2) is 4.98 Å². The molecule has 0 spiro atoms. The number of unbranched alkanes of at least 4 members (excludes halogenated alkanes) is 1. The number of alkyl halides is 3. The van der Waals surface area contributed by atoms with E-state index in [9.17, 15) is 13.2 Å². The average Bonchev–Trinajstić information content (AvgIpc) is 2.59. The lowest BCUT2D eigenvalue weighted by Crippen LogP contribution is -2.26. The van der Waals surface area contributed by atoms with Gasteiger partial charge in [-0.15, -0.1) is 0 Å². The fourth-order valence-electron chi connectivity index (χ4n) is 2.36. The Labute approximate surface area is 163 Å². The molecule has 2 aromatic rings. The van der Waals surface area contributed by atoms with Crippen molar-refractivity contribution in [1.29, 1.82) is 0 Å². The lowest BCUT2D eigenvalue weighted by atomic mass is 10.2. The maximum absolute atomic E-state index is 13.5. The van der Waals surface area contributed by atoms with Crippen LogP contribution in [-0.4, -0.2) is 29.2 Å². The van der Waals surface area contributed by atoms with Gasteiger partial charge in [0.15, 0.2) is 5.82 Å². The fourth-order valence-corrected chi connectivity index (χ4v) is 2.36. The van der Waals surface area contributed by atoms with Crippen LogP contribution in [-0.2, 0) is 6.18 Å². The van der Waals surface area contributed by atoms with Gasteiger partial charge < -0.3 is 14.4 Å². The number of hydrogen-bond acceptors (Lipinski definition) is 5. The van der Waals surface area contributed by atoms with Gasteiger partial charge in [0.2, 0.25) is 0 Å². The molecular weight excluding hydrogens is 371 g/mol. The van der Waals surface area contributed by atoms with Crippen LogP contribution in [0.25, 0.3) is 0 Å². The van der Waals surface area contributed by atoms with E-state index in [-0.39, 0.29) is 11.8 Å². The zero-order valence-corrected chi connectivity index (χ0v) is 16.8. The molecule has 0 fully saturated rings. The minimum atomic E-state index is -4.59. The van der Waals surface area contributed by atoms with E-state index >= 15 is 0 Å². The number of ether oxygens (including phenoxy) is 2. The lowest BCUT2D eigenvalue weighted by molar-refractivity contribution is -0.137. The van der Waals surface area contributed by atoms with Crippen molar-refractivity contribution in [2.24, 2.45) is 0 Å². The molecule has 1 aromatic heterocycles. The van der Waals surface area contributed by atoms with Crippen LogP contribution in [0.3, 0.4) is 0 Å². The Hall–Kier alpha value is -2.51. The molecule has 0 aliphatic rings. The highest BCUT2D eigenvalue weighted by atomic mass is 19.4. The Bertz CT molecular complexity index is 772. The molecule has 8 heteroatoms. The number of hydrogen-bond donors (Lipinski definition) is 0. The molecule has 0 atom stereocenters. The topological polar surface area (TPSA) is 47.5 Å². The molecule has 0 radical (unpaired) electrons. The van der Waals surface area contributed by atoms with Crippen molar-refractivity contribution in [3.63, 3.8) is 0 Å². The smallest absolute Gasteiger partial charge is 0.421 e. The summed E-state index contributed by atoms with van der Waals surface area (Å²) in [6.45, 7) is 7.99. The Morgan fingerprint density at radius 1 is 1.07 bits per heavy atom. The second kappa shape index (κ2) is 8.67. The Morgan fingerprint density at radius 2 is 1.71 bits per heavy atom. The summed E-state index contributed by atoms with van der Waals surface area (Å²) in [5.74, 6) is 0.391. The Balaban J connectivity index is 2.33. The van der Waals surface area contributed by atoms with Gasteiger partial charge in [-0.2, -0.15) is 18.2 Å². The van der Waals surface area contributed by atoms with Crippen LogP contribution in [0.1, 0.15) is 46.1 Å². The van der Waals surface area contributed by atoms with Crippen molar-refractivity contribution < 1.29 is 22.6 Å². The summed E-state index contributed by atoms with van der Waals surface area (Å²) in [6, 6.07) is 6.72. The molecule has 5 nitrogen and oxygen atoms in total. The fraction of sp³-hybridized carbons (Fsp3) is 0.500. The molecule has 0 N–H and O–H groups in total. The monoisotopic (exact) mass is 397 g/mol. The third kappa shape index (κ3) is 6.00. The van der Waals surface area contributed by atoms with Crippen molar-refractivity contribution in [2.75, 3.05) is 18.6 Å². The molecule has 1 aromatic carbocycles. The SMILES string of the molecule is CCCCOc1ccc(N(C)c2nc(OC(C)(C)C)ncc2C(F)(F)F)cc1. The normalized spacial score (nSPS) is 12.0. The number of halogens is 3. The van der Waals surface area contributed by atoms with Crippen LogP contribution < -0.4 is 14.4 Å². The van der Waals surface area contributed by atoms with E-state index in [1.165, 1.54) is 11.9 Å². The first-order valence-corrected chi connectivity index (χ1v) is 9.11. The van der Waals surface area contributed by atoms with Gasteiger partial charge in [-0.1, -0.05) is 13.3 Å². The molecule has 0 unspecified atom stereocenters. The minimum Gasteiger partial charge on any atom is -0.494 e. The van der Waals surface area contributed by atoms with Gasteiger partial charge in [0.05, 0.1) is 6.61 Å². The van der Waals surface area contributed by atoms with Gasteiger partial charge >= 0.3 is 12.2 Å². The minimum absolute atomic E-state index is 0.109. The van der Waals surface area contributed by atoms with E-state index in [4.69, 9.17) is 9.47 Å². The summed E-state index contributed by atoms with van der Waals surface area (Å²) in [5, 5.41) is 0. The molecule has 0 bridgehead atoms. The van der Waals surface area contributed by atoms with Crippen LogP contribution in [0.2, 0.25) is 0 Å². The van der Waals surface area contributed by atoms with Crippen molar-refractivity contribution in [3.05, 3.63) is 36.0 Å². The van der Waals surface area contributed by atoms with Gasteiger partial charge in [0.25, 0.3) is 0 Å². The summed E-state index contributed by atoms with van der Waals surface area (Å²) in [7, 11) is 1.52. The third-order valence-corrected chi connectivity index (χ3v) is 3.76. The summed E-state index contributed by atoms with van der Waals surface area (Å²) in [5.41, 5.74) is -1.03. The quantitative estimate of drug-likeness (QED) is 0.568. The first-order chi connectivity index (χ1) is 13.0. The van der Waals surface area contributed by atoms with Crippen LogP contribution in [0, 0.1) is 0 Å². The highest BCUT2D eigenvalue weighted by Gasteiger charge is 2.37. The molecule has 154 valence electrons. The molecular formula is C20H26F3N3O2. The highest BCUT2D eigenvalue weighted by molar-refractivity contribution is 5.63. The predicted molar refractivity (Wildman–Crippen MR) is 102 cm³/mol. The summed E-state index contributed by atoms with van der Waals surface area (Å²) >= 11 is 0. The zero-order valence-electron chi connectivity index (χ0n) is 16.8. The van der Waals surface area contributed by atoms with Gasteiger partial charge in [-0.05, 0) is 51.5 Å². The molecule has 0 saturated carbocycles. The van der Waals surface area contributed by atoms with E-state index < -0.39 is 17.3 Å². The number of nitrogens with zero attached hydrogens (tertiary/aromatic N) is 3. The second-order valence-electron chi connectivity index (χ2n) is 7.36. The van der Waals surface area contributed by atoms with Gasteiger partial charge in [-0.3, -0.25) is 0 Å². The van der Waals surface area contributed by atoms with Gasteiger partial charge in [0.1, 0.15) is 16.9 Å². The maximum Gasteiger partial charge on any atom is 0.421 e. The van der Waals surface area contributed by atoms with Crippen molar-refractivity contribution >= 4 is 11.5 Å². The molecule has 1 heterocycles. The van der Waals surface area contributed by atoms with Crippen LogP contribution in [0.15, 0.2) is 30.5 Å². The molecule has 2 rings (SSSR count). The third-order valence-electron chi connectivity index (χ3n) is 3.76. The summed E-state index contributed by atoms with van der Waals surface area (Å²) in [6.07, 6.45) is -1.88.